The van der Waals surface area contributed by atoms with Crippen molar-refractivity contribution in [3.8, 4) is 0 Å². The van der Waals surface area contributed by atoms with Gasteiger partial charge in [0.25, 0.3) is 0 Å². The lowest BCUT2D eigenvalue weighted by Gasteiger charge is -2.18. The molecule has 3 nitrogen and oxygen atoms in total. The summed E-state index contributed by atoms with van der Waals surface area (Å²) in [7, 11) is 0. The monoisotopic (exact) mass is 213 g/mol. The molecule has 0 radical (unpaired) electrons. The maximum Gasteiger partial charge on any atom is 0.151 e. The van der Waals surface area contributed by atoms with Crippen LogP contribution in [0.5, 0.6) is 0 Å². The molecule has 1 aliphatic rings. The molecule has 0 unspecified atom stereocenters. The quantitative estimate of drug-likeness (QED) is 0.813. The van der Waals surface area contributed by atoms with E-state index in [0.717, 1.165) is 37.6 Å². The lowest BCUT2D eigenvalue weighted by molar-refractivity contribution is 0.486. The van der Waals surface area contributed by atoms with E-state index in [9.17, 15) is 0 Å². The summed E-state index contributed by atoms with van der Waals surface area (Å²) >= 11 is 6.07. The summed E-state index contributed by atoms with van der Waals surface area (Å²) in [5.41, 5.74) is 1.15. The summed E-state index contributed by atoms with van der Waals surface area (Å²) in [5, 5.41) is 3.98. The molecule has 0 spiro atoms. The maximum absolute atomic E-state index is 6.07. The summed E-state index contributed by atoms with van der Waals surface area (Å²) < 4.78 is 2.26. The number of nitrogens with one attached hydrogen (secondary N) is 1. The predicted octanol–water partition coefficient (Wildman–Crippen LogP) is 1.84. The van der Waals surface area contributed by atoms with Gasteiger partial charge in [-0.3, -0.25) is 0 Å². The van der Waals surface area contributed by atoms with Crippen LogP contribution in [0, 0.1) is 5.92 Å². The molecule has 2 heterocycles. The predicted molar refractivity (Wildman–Crippen MR) is 57.5 cm³/mol. The number of nitrogens with zero attached hydrogens (tertiary/aromatic N) is 2. The molecule has 78 valence electrons. The van der Waals surface area contributed by atoms with Crippen molar-refractivity contribution in [3.63, 3.8) is 0 Å². The number of rotatable bonds is 2. The van der Waals surface area contributed by atoms with Gasteiger partial charge in [-0.15, -0.1) is 0 Å². The Morgan fingerprint density at radius 3 is 3.07 bits per heavy atom. The van der Waals surface area contributed by atoms with Gasteiger partial charge < -0.3 is 9.88 Å². The molecule has 0 aliphatic carbocycles. The fourth-order valence-corrected chi connectivity index (χ4v) is 2.12. The number of hydrogen-bond donors (Lipinski definition) is 1. The highest BCUT2D eigenvalue weighted by atomic mass is 35.5. The molecule has 1 N–H and O–H groups in total. The van der Waals surface area contributed by atoms with Crippen molar-refractivity contribution < 1.29 is 0 Å². The zero-order valence-corrected chi connectivity index (χ0v) is 9.43. The van der Waals surface area contributed by atoms with E-state index in [-0.39, 0.29) is 0 Å². The Kier molecular flexibility index (Phi) is 2.79. The Bertz CT molecular complexity index is 330. The zero-order valence-electron chi connectivity index (χ0n) is 8.68. The van der Waals surface area contributed by atoms with Gasteiger partial charge in [-0.05, 0) is 5.92 Å². The van der Waals surface area contributed by atoms with E-state index in [4.69, 9.17) is 11.6 Å². The van der Waals surface area contributed by atoms with Crippen LogP contribution in [0.4, 0.5) is 0 Å². The van der Waals surface area contributed by atoms with Crippen molar-refractivity contribution in [1.82, 2.24) is 14.9 Å². The Morgan fingerprint density at radius 2 is 2.36 bits per heavy atom. The van der Waals surface area contributed by atoms with Crippen molar-refractivity contribution in [2.45, 2.75) is 33.4 Å². The van der Waals surface area contributed by atoms with Gasteiger partial charge >= 0.3 is 0 Å². The average Bonchev–Trinajstić information content (AvgIpc) is 2.44. The fraction of sp³-hybridized carbons (Fsp3) is 0.700. The Balaban J connectivity index is 2.31. The van der Waals surface area contributed by atoms with Crippen LogP contribution in [0.15, 0.2) is 0 Å². The van der Waals surface area contributed by atoms with E-state index in [2.05, 4.69) is 28.7 Å². The van der Waals surface area contributed by atoms with Gasteiger partial charge in [0.15, 0.2) is 5.15 Å². The van der Waals surface area contributed by atoms with E-state index in [1.165, 1.54) is 0 Å². The SMILES string of the molecule is CC(C)Cc1nc(Cl)c2n1CCNC2. The van der Waals surface area contributed by atoms with Crippen molar-refractivity contribution >= 4 is 11.6 Å². The topological polar surface area (TPSA) is 29.9 Å². The van der Waals surface area contributed by atoms with Crippen molar-refractivity contribution in [1.29, 1.82) is 0 Å². The van der Waals surface area contributed by atoms with Crippen molar-refractivity contribution in [2.75, 3.05) is 6.54 Å². The highest BCUT2D eigenvalue weighted by molar-refractivity contribution is 6.30. The molecule has 0 amide bonds. The summed E-state index contributed by atoms with van der Waals surface area (Å²) in [6.07, 6.45) is 1.01. The number of aromatic nitrogens is 2. The molecule has 0 saturated heterocycles. The first-order valence-electron chi connectivity index (χ1n) is 5.13. The van der Waals surface area contributed by atoms with Gasteiger partial charge in [-0.25, -0.2) is 4.98 Å². The molecule has 14 heavy (non-hydrogen) atoms. The molecule has 0 atom stereocenters. The lowest BCUT2D eigenvalue weighted by Crippen LogP contribution is -2.29. The minimum atomic E-state index is 0.632. The van der Waals surface area contributed by atoms with E-state index < -0.39 is 0 Å². The summed E-state index contributed by atoms with van der Waals surface area (Å²) in [4.78, 5) is 4.42. The van der Waals surface area contributed by atoms with Crippen LogP contribution < -0.4 is 5.32 Å². The van der Waals surface area contributed by atoms with Crippen LogP contribution in [0.2, 0.25) is 5.15 Å². The van der Waals surface area contributed by atoms with Crippen LogP contribution in [-0.2, 0) is 19.5 Å². The number of halogens is 1. The number of imidazole rings is 1. The molecular formula is C10H16ClN3. The Morgan fingerprint density at radius 1 is 1.57 bits per heavy atom. The first-order valence-corrected chi connectivity index (χ1v) is 5.50. The van der Waals surface area contributed by atoms with Crippen LogP contribution >= 0.6 is 11.6 Å². The zero-order chi connectivity index (χ0) is 10.1. The highest BCUT2D eigenvalue weighted by Crippen LogP contribution is 2.21. The molecule has 1 aliphatic heterocycles. The minimum absolute atomic E-state index is 0.632. The minimum Gasteiger partial charge on any atom is -0.328 e. The molecule has 1 aromatic heterocycles. The van der Waals surface area contributed by atoms with Crippen LogP contribution in [0.3, 0.4) is 0 Å². The first kappa shape index (κ1) is 9.99. The molecule has 0 aromatic carbocycles. The van der Waals surface area contributed by atoms with E-state index in [1.54, 1.807) is 0 Å². The van der Waals surface area contributed by atoms with E-state index >= 15 is 0 Å². The largest absolute Gasteiger partial charge is 0.328 e. The summed E-state index contributed by atoms with van der Waals surface area (Å²) in [6, 6.07) is 0. The second-order valence-electron chi connectivity index (χ2n) is 4.19. The van der Waals surface area contributed by atoms with Crippen molar-refractivity contribution in [3.05, 3.63) is 16.7 Å². The third-order valence-electron chi connectivity index (χ3n) is 2.50. The summed E-state index contributed by atoms with van der Waals surface area (Å²) in [5.74, 6) is 1.77. The van der Waals surface area contributed by atoms with Gasteiger partial charge in [0.05, 0.1) is 5.69 Å². The average molecular weight is 214 g/mol. The second kappa shape index (κ2) is 3.91. The van der Waals surface area contributed by atoms with E-state index in [0.29, 0.717) is 11.1 Å². The van der Waals surface area contributed by atoms with Crippen LogP contribution in [0.25, 0.3) is 0 Å². The Hall–Kier alpha value is -0.540. The van der Waals surface area contributed by atoms with Gasteiger partial charge in [-0.1, -0.05) is 25.4 Å². The van der Waals surface area contributed by atoms with Gasteiger partial charge in [-0.2, -0.15) is 0 Å². The molecular weight excluding hydrogens is 198 g/mol. The maximum atomic E-state index is 6.07. The first-order chi connectivity index (χ1) is 6.68. The lowest BCUT2D eigenvalue weighted by atomic mass is 10.1. The summed E-state index contributed by atoms with van der Waals surface area (Å²) in [6.45, 7) is 7.28. The third kappa shape index (κ3) is 1.79. The number of fused-ring (bicyclic) bond motifs is 1. The fourth-order valence-electron chi connectivity index (χ4n) is 1.86. The number of hydrogen-bond acceptors (Lipinski definition) is 2. The van der Waals surface area contributed by atoms with Gasteiger partial charge in [0.2, 0.25) is 0 Å². The smallest absolute Gasteiger partial charge is 0.151 e. The van der Waals surface area contributed by atoms with Crippen LogP contribution in [-0.4, -0.2) is 16.1 Å². The molecule has 1 aromatic rings. The Labute approximate surface area is 89.5 Å². The third-order valence-corrected chi connectivity index (χ3v) is 2.80. The molecule has 0 fully saturated rings. The highest BCUT2D eigenvalue weighted by Gasteiger charge is 2.18. The van der Waals surface area contributed by atoms with E-state index in [1.807, 2.05) is 0 Å². The molecule has 4 heteroatoms. The van der Waals surface area contributed by atoms with Crippen LogP contribution in [0.1, 0.15) is 25.4 Å². The van der Waals surface area contributed by atoms with Gasteiger partial charge in [0, 0.05) is 26.1 Å². The molecule has 0 saturated carbocycles. The standard InChI is InChI=1S/C10H16ClN3/c1-7(2)5-9-13-10(11)8-6-12-3-4-14(8)9/h7,12H,3-6H2,1-2H3. The normalized spacial score (nSPS) is 16.0. The molecule has 0 bridgehead atoms. The second-order valence-corrected chi connectivity index (χ2v) is 4.55. The molecule has 2 rings (SSSR count). The van der Waals surface area contributed by atoms with Crippen molar-refractivity contribution in [2.24, 2.45) is 5.92 Å². The van der Waals surface area contributed by atoms with Gasteiger partial charge in [0.1, 0.15) is 5.82 Å².